The predicted octanol–water partition coefficient (Wildman–Crippen LogP) is 3.62. The van der Waals surface area contributed by atoms with Gasteiger partial charge in [-0.15, -0.1) is 0 Å². The maximum absolute atomic E-state index is 12.6. The SMILES string of the molecule is Cc1ccc(Cn2cccc(C(=O)N/N=C\c3ccc(Cl)cc3)c2=O)cc1. The third-order valence-corrected chi connectivity index (χ3v) is 4.24. The largest absolute Gasteiger partial charge is 0.310 e. The van der Waals surface area contributed by atoms with Gasteiger partial charge < -0.3 is 4.57 Å². The highest BCUT2D eigenvalue weighted by Crippen LogP contribution is 2.08. The minimum absolute atomic E-state index is 0.0397. The summed E-state index contributed by atoms with van der Waals surface area (Å²) < 4.78 is 1.50. The molecule has 27 heavy (non-hydrogen) atoms. The lowest BCUT2D eigenvalue weighted by atomic mass is 10.1. The summed E-state index contributed by atoms with van der Waals surface area (Å²) in [6.07, 6.45) is 3.15. The van der Waals surface area contributed by atoms with Crippen LogP contribution in [0.25, 0.3) is 0 Å². The summed E-state index contributed by atoms with van der Waals surface area (Å²) in [4.78, 5) is 24.9. The number of hydrogen-bond acceptors (Lipinski definition) is 3. The van der Waals surface area contributed by atoms with Crippen LogP contribution in [-0.4, -0.2) is 16.7 Å². The first-order chi connectivity index (χ1) is 13.0. The first kappa shape index (κ1) is 18.6. The number of carbonyl (C=O) groups excluding carboxylic acids is 1. The molecule has 0 aliphatic carbocycles. The zero-order chi connectivity index (χ0) is 19.2. The summed E-state index contributed by atoms with van der Waals surface area (Å²) in [5.41, 5.74) is 4.98. The van der Waals surface area contributed by atoms with Crippen LogP contribution in [0.4, 0.5) is 0 Å². The van der Waals surface area contributed by atoms with E-state index in [1.807, 2.05) is 31.2 Å². The molecule has 3 rings (SSSR count). The molecule has 0 bridgehead atoms. The van der Waals surface area contributed by atoms with E-state index in [4.69, 9.17) is 11.6 Å². The smallest absolute Gasteiger partial charge is 0.276 e. The van der Waals surface area contributed by atoms with Crippen LogP contribution in [-0.2, 0) is 6.54 Å². The van der Waals surface area contributed by atoms with Gasteiger partial charge in [0.2, 0.25) is 0 Å². The Morgan fingerprint density at radius 2 is 1.81 bits per heavy atom. The maximum atomic E-state index is 12.6. The van der Waals surface area contributed by atoms with Gasteiger partial charge in [-0.05, 0) is 42.3 Å². The molecule has 0 saturated carbocycles. The van der Waals surface area contributed by atoms with Gasteiger partial charge in [0.05, 0.1) is 12.8 Å². The molecule has 0 aliphatic rings. The Bertz CT molecular complexity index is 1020. The molecule has 136 valence electrons. The fraction of sp³-hybridized carbons (Fsp3) is 0.0952. The fourth-order valence-electron chi connectivity index (χ4n) is 2.50. The minimum Gasteiger partial charge on any atom is -0.310 e. The Hall–Kier alpha value is -3.18. The highest BCUT2D eigenvalue weighted by Gasteiger charge is 2.11. The molecule has 1 heterocycles. The first-order valence-electron chi connectivity index (χ1n) is 8.37. The number of pyridine rings is 1. The molecule has 2 aromatic carbocycles. The van der Waals surface area contributed by atoms with Gasteiger partial charge in [-0.25, -0.2) is 5.43 Å². The van der Waals surface area contributed by atoms with Crippen LogP contribution in [0.3, 0.4) is 0 Å². The molecule has 6 heteroatoms. The highest BCUT2D eigenvalue weighted by atomic mass is 35.5. The highest BCUT2D eigenvalue weighted by molar-refractivity contribution is 6.30. The van der Waals surface area contributed by atoms with E-state index in [2.05, 4.69) is 10.5 Å². The number of aryl methyl sites for hydroxylation is 1. The van der Waals surface area contributed by atoms with Gasteiger partial charge in [-0.1, -0.05) is 53.6 Å². The van der Waals surface area contributed by atoms with Gasteiger partial charge >= 0.3 is 0 Å². The number of hydrogen-bond donors (Lipinski definition) is 1. The molecule has 0 atom stereocenters. The molecule has 0 fully saturated rings. The van der Waals surface area contributed by atoms with E-state index in [1.54, 1.807) is 36.5 Å². The van der Waals surface area contributed by atoms with Gasteiger partial charge in [0.25, 0.3) is 11.5 Å². The van der Waals surface area contributed by atoms with E-state index in [0.717, 1.165) is 16.7 Å². The van der Waals surface area contributed by atoms with Crippen molar-refractivity contribution in [1.82, 2.24) is 9.99 Å². The molecule has 0 radical (unpaired) electrons. The lowest BCUT2D eigenvalue weighted by Gasteiger charge is -2.08. The van der Waals surface area contributed by atoms with Crippen LogP contribution in [0.5, 0.6) is 0 Å². The van der Waals surface area contributed by atoms with Crippen molar-refractivity contribution in [3.63, 3.8) is 0 Å². The number of nitrogens with zero attached hydrogens (tertiary/aromatic N) is 2. The van der Waals surface area contributed by atoms with Crippen molar-refractivity contribution in [2.45, 2.75) is 13.5 Å². The second-order valence-electron chi connectivity index (χ2n) is 6.09. The van der Waals surface area contributed by atoms with E-state index >= 15 is 0 Å². The van der Waals surface area contributed by atoms with Crippen molar-refractivity contribution in [3.8, 4) is 0 Å². The van der Waals surface area contributed by atoms with Crippen molar-refractivity contribution >= 4 is 23.7 Å². The number of rotatable bonds is 5. The minimum atomic E-state index is -0.552. The number of benzene rings is 2. The average molecular weight is 380 g/mol. The van der Waals surface area contributed by atoms with E-state index in [1.165, 1.54) is 16.8 Å². The van der Waals surface area contributed by atoms with Gasteiger partial charge in [-0.2, -0.15) is 5.10 Å². The summed E-state index contributed by atoms with van der Waals surface area (Å²) in [6.45, 7) is 2.40. The molecule has 1 aromatic heterocycles. The van der Waals surface area contributed by atoms with E-state index in [-0.39, 0.29) is 11.1 Å². The maximum Gasteiger partial charge on any atom is 0.276 e. The molecule has 0 saturated heterocycles. The first-order valence-corrected chi connectivity index (χ1v) is 8.75. The second kappa shape index (κ2) is 8.47. The Kier molecular flexibility index (Phi) is 5.84. The summed E-state index contributed by atoms with van der Waals surface area (Å²) >= 11 is 5.82. The van der Waals surface area contributed by atoms with Crippen LogP contribution >= 0.6 is 11.6 Å². The van der Waals surface area contributed by atoms with E-state index < -0.39 is 5.91 Å². The van der Waals surface area contributed by atoms with Crippen molar-refractivity contribution in [2.75, 3.05) is 0 Å². The number of nitrogens with one attached hydrogen (secondary N) is 1. The fourth-order valence-corrected chi connectivity index (χ4v) is 2.62. The predicted molar refractivity (Wildman–Crippen MR) is 107 cm³/mol. The number of halogens is 1. The van der Waals surface area contributed by atoms with Gasteiger partial charge in [-0.3, -0.25) is 9.59 Å². The Labute approximate surface area is 161 Å². The molecule has 3 aromatic rings. The third-order valence-electron chi connectivity index (χ3n) is 3.99. The van der Waals surface area contributed by atoms with E-state index in [9.17, 15) is 9.59 Å². The number of aromatic nitrogens is 1. The van der Waals surface area contributed by atoms with Crippen LogP contribution in [0.15, 0.2) is 76.8 Å². The number of amides is 1. The quantitative estimate of drug-likeness (QED) is 0.543. The summed E-state index contributed by atoms with van der Waals surface area (Å²) in [5.74, 6) is -0.552. The van der Waals surface area contributed by atoms with Crippen molar-refractivity contribution in [3.05, 3.63) is 104 Å². The lowest BCUT2D eigenvalue weighted by molar-refractivity contribution is 0.0953. The molecule has 0 unspecified atom stereocenters. The molecule has 0 spiro atoms. The van der Waals surface area contributed by atoms with Crippen molar-refractivity contribution < 1.29 is 4.79 Å². The monoisotopic (exact) mass is 379 g/mol. The number of hydrazone groups is 1. The van der Waals surface area contributed by atoms with Gasteiger partial charge in [0.1, 0.15) is 5.56 Å². The second-order valence-corrected chi connectivity index (χ2v) is 6.53. The van der Waals surface area contributed by atoms with Crippen LogP contribution < -0.4 is 11.0 Å². The number of carbonyl (C=O) groups is 1. The lowest BCUT2D eigenvalue weighted by Crippen LogP contribution is -2.30. The van der Waals surface area contributed by atoms with Crippen molar-refractivity contribution in [2.24, 2.45) is 5.10 Å². The molecular weight excluding hydrogens is 362 g/mol. The molecule has 5 nitrogen and oxygen atoms in total. The Morgan fingerprint density at radius 1 is 1.11 bits per heavy atom. The van der Waals surface area contributed by atoms with Gasteiger partial charge in [0, 0.05) is 11.2 Å². The third kappa shape index (κ3) is 4.92. The zero-order valence-corrected chi connectivity index (χ0v) is 15.5. The standard InChI is InChI=1S/C21H18ClN3O2/c1-15-4-6-17(7-5-15)14-25-12-2-3-19(21(25)27)20(26)24-23-13-16-8-10-18(22)11-9-16/h2-13H,14H2,1H3,(H,24,26)/b23-13-. The van der Waals surface area contributed by atoms with Gasteiger partial charge in [0.15, 0.2) is 0 Å². The van der Waals surface area contributed by atoms with Crippen LogP contribution in [0.2, 0.25) is 5.02 Å². The van der Waals surface area contributed by atoms with Crippen molar-refractivity contribution in [1.29, 1.82) is 0 Å². The molecular formula is C21H18ClN3O2. The summed E-state index contributed by atoms with van der Waals surface area (Å²) in [7, 11) is 0. The molecule has 1 amide bonds. The summed E-state index contributed by atoms with van der Waals surface area (Å²) in [5, 5.41) is 4.52. The normalized spacial score (nSPS) is 10.9. The Morgan fingerprint density at radius 3 is 2.52 bits per heavy atom. The van der Waals surface area contributed by atoms with E-state index in [0.29, 0.717) is 11.6 Å². The summed E-state index contributed by atoms with van der Waals surface area (Å²) in [6, 6.07) is 18.1. The van der Waals surface area contributed by atoms with Crippen LogP contribution in [0.1, 0.15) is 27.0 Å². The topological polar surface area (TPSA) is 63.5 Å². The Balaban J connectivity index is 1.72. The van der Waals surface area contributed by atoms with Crippen LogP contribution in [0, 0.1) is 6.92 Å². The molecule has 0 aliphatic heterocycles. The average Bonchev–Trinajstić information content (AvgIpc) is 2.66. The molecule has 1 N–H and O–H groups in total. The zero-order valence-electron chi connectivity index (χ0n) is 14.7.